The second kappa shape index (κ2) is 8.32. The van der Waals surface area contributed by atoms with Crippen LogP contribution in [-0.2, 0) is 12.3 Å². The molecule has 0 aliphatic carbocycles. The summed E-state index contributed by atoms with van der Waals surface area (Å²) in [4.78, 5) is 4.45. The van der Waals surface area contributed by atoms with Crippen molar-refractivity contribution in [2.24, 2.45) is 0 Å². The maximum absolute atomic E-state index is 13.7. The first-order chi connectivity index (χ1) is 13.3. The largest absolute Gasteiger partial charge is 0.330 e. The average molecular weight is 398 g/mol. The molecule has 0 atom stereocenters. The maximum Gasteiger partial charge on any atom is 0.210 e. The second-order valence-electron chi connectivity index (χ2n) is 5.72. The van der Waals surface area contributed by atoms with Crippen molar-refractivity contribution < 1.29 is 4.39 Å². The first kappa shape index (κ1) is 17.7. The lowest BCUT2D eigenvalue weighted by Crippen LogP contribution is -2.03. The third-order valence-electron chi connectivity index (χ3n) is 3.84. The van der Waals surface area contributed by atoms with Gasteiger partial charge in [0.15, 0.2) is 4.34 Å². The fraction of sp³-hybridized carbons (Fsp3) is 0.105. The van der Waals surface area contributed by atoms with Crippen molar-refractivity contribution in [1.29, 1.82) is 0 Å². The second-order valence-corrected chi connectivity index (χ2v) is 7.92. The summed E-state index contributed by atoms with van der Waals surface area (Å²) in [6.07, 6.45) is 3.79. The number of benzene rings is 2. The van der Waals surface area contributed by atoms with Gasteiger partial charge in [-0.3, -0.25) is 0 Å². The van der Waals surface area contributed by atoms with E-state index >= 15 is 0 Å². The lowest BCUT2D eigenvalue weighted by Gasteiger charge is -2.07. The quantitative estimate of drug-likeness (QED) is 0.447. The Hall–Kier alpha value is -2.71. The molecular weight excluding hydrogens is 381 g/mol. The standard InChI is InChI=1S/C19H16FN5S2/c20-15-8-4-5-9-16(15)22-18-23-24-19(27-18)26-13-17-21-10-11-25(17)12-14-6-2-1-3-7-14/h1-11H,12-13H2,(H,22,23). The molecule has 4 rings (SSSR count). The molecule has 0 aliphatic heterocycles. The molecule has 0 bridgehead atoms. The Kier molecular flexibility index (Phi) is 5.45. The van der Waals surface area contributed by atoms with Crippen molar-refractivity contribution in [2.45, 2.75) is 16.6 Å². The Balaban J connectivity index is 1.38. The molecule has 0 saturated heterocycles. The molecule has 0 saturated carbocycles. The third kappa shape index (κ3) is 4.53. The Morgan fingerprint density at radius 1 is 1.04 bits per heavy atom. The average Bonchev–Trinajstić information content (AvgIpc) is 3.32. The molecule has 4 aromatic rings. The highest BCUT2D eigenvalue weighted by atomic mass is 32.2. The molecule has 0 unspecified atom stereocenters. The highest BCUT2D eigenvalue weighted by Gasteiger charge is 2.10. The summed E-state index contributed by atoms with van der Waals surface area (Å²) in [6.45, 7) is 0.785. The molecule has 0 spiro atoms. The molecule has 1 N–H and O–H groups in total. The predicted octanol–water partition coefficient (Wildman–Crippen LogP) is 4.96. The van der Waals surface area contributed by atoms with Gasteiger partial charge in [0.1, 0.15) is 11.6 Å². The first-order valence-corrected chi connectivity index (χ1v) is 10.1. The van der Waals surface area contributed by atoms with Gasteiger partial charge in [-0.15, -0.1) is 10.2 Å². The van der Waals surface area contributed by atoms with Crippen LogP contribution in [0.3, 0.4) is 0 Å². The minimum absolute atomic E-state index is 0.315. The van der Waals surface area contributed by atoms with Gasteiger partial charge in [0.2, 0.25) is 5.13 Å². The van der Waals surface area contributed by atoms with Crippen LogP contribution in [0.15, 0.2) is 71.3 Å². The van der Waals surface area contributed by atoms with E-state index in [1.165, 1.54) is 23.0 Å². The molecule has 0 radical (unpaired) electrons. The van der Waals surface area contributed by atoms with E-state index in [2.05, 4.69) is 37.2 Å². The lowest BCUT2D eigenvalue weighted by atomic mass is 10.2. The van der Waals surface area contributed by atoms with Crippen molar-refractivity contribution in [2.75, 3.05) is 5.32 Å². The Bertz CT molecular complexity index is 1020. The monoisotopic (exact) mass is 397 g/mol. The van der Waals surface area contributed by atoms with Crippen molar-refractivity contribution in [3.8, 4) is 0 Å². The molecule has 0 amide bonds. The number of halogens is 1. The summed E-state index contributed by atoms with van der Waals surface area (Å²) >= 11 is 2.96. The molecule has 0 aliphatic rings. The van der Waals surface area contributed by atoms with Crippen molar-refractivity contribution in [3.05, 3.63) is 84.2 Å². The zero-order valence-corrected chi connectivity index (χ0v) is 15.9. The summed E-state index contributed by atoms with van der Waals surface area (Å²) in [5.74, 6) is 1.35. The minimum Gasteiger partial charge on any atom is -0.330 e. The van der Waals surface area contributed by atoms with Crippen molar-refractivity contribution >= 4 is 33.9 Å². The summed E-state index contributed by atoms with van der Waals surface area (Å²) in [6, 6.07) is 16.8. The van der Waals surface area contributed by atoms with Crippen LogP contribution in [0.2, 0.25) is 0 Å². The van der Waals surface area contributed by atoms with Gasteiger partial charge in [-0.2, -0.15) is 0 Å². The van der Waals surface area contributed by atoms with E-state index in [-0.39, 0.29) is 5.82 Å². The van der Waals surface area contributed by atoms with Gasteiger partial charge < -0.3 is 9.88 Å². The number of para-hydroxylation sites is 1. The van der Waals surface area contributed by atoms with Crippen LogP contribution in [0.25, 0.3) is 0 Å². The van der Waals surface area contributed by atoms with E-state index in [1.54, 1.807) is 30.0 Å². The third-order valence-corrected chi connectivity index (χ3v) is 5.81. The normalized spacial score (nSPS) is 10.9. The zero-order valence-electron chi connectivity index (χ0n) is 14.2. The Labute approximate surface area is 164 Å². The van der Waals surface area contributed by atoms with Crippen LogP contribution in [0.4, 0.5) is 15.2 Å². The number of nitrogens with zero attached hydrogens (tertiary/aromatic N) is 4. The van der Waals surface area contributed by atoms with E-state index < -0.39 is 0 Å². The Morgan fingerprint density at radius 3 is 2.70 bits per heavy atom. The smallest absolute Gasteiger partial charge is 0.210 e. The van der Waals surface area contributed by atoms with Gasteiger partial charge in [0.25, 0.3) is 0 Å². The molecular formula is C19H16FN5S2. The van der Waals surface area contributed by atoms with Gasteiger partial charge in [-0.1, -0.05) is 65.6 Å². The fourth-order valence-corrected chi connectivity index (χ4v) is 4.26. The van der Waals surface area contributed by atoms with Crippen LogP contribution >= 0.6 is 23.1 Å². The summed E-state index contributed by atoms with van der Waals surface area (Å²) in [7, 11) is 0. The van der Waals surface area contributed by atoms with Crippen molar-refractivity contribution in [1.82, 2.24) is 19.7 Å². The lowest BCUT2D eigenvalue weighted by molar-refractivity contribution is 0.632. The molecule has 27 heavy (non-hydrogen) atoms. The van der Waals surface area contributed by atoms with E-state index in [1.807, 2.05) is 30.6 Å². The van der Waals surface area contributed by atoms with Crippen LogP contribution in [0.5, 0.6) is 0 Å². The summed E-state index contributed by atoms with van der Waals surface area (Å²) < 4.78 is 16.7. The van der Waals surface area contributed by atoms with Gasteiger partial charge in [-0.05, 0) is 17.7 Å². The highest BCUT2D eigenvalue weighted by Crippen LogP contribution is 2.30. The molecule has 8 heteroatoms. The molecule has 2 aromatic heterocycles. The highest BCUT2D eigenvalue weighted by molar-refractivity contribution is 8.00. The van der Waals surface area contributed by atoms with E-state index in [9.17, 15) is 4.39 Å². The Morgan fingerprint density at radius 2 is 1.85 bits per heavy atom. The van der Waals surface area contributed by atoms with E-state index in [0.717, 1.165) is 16.7 Å². The molecule has 0 fully saturated rings. The number of aromatic nitrogens is 4. The SMILES string of the molecule is Fc1ccccc1Nc1nnc(SCc2nccn2Cc2ccccc2)s1. The number of hydrogen-bond donors (Lipinski definition) is 1. The topological polar surface area (TPSA) is 55.6 Å². The molecule has 2 aromatic carbocycles. The number of rotatable bonds is 7. The molecule has 5 nitrogen and oxygen atoms in total. The van der Waals surface area contributed by atoms with Gasteiger partial charge in [0.05, 0.1) is 11.4 Å². The van der Waals surface area contributed by atoms with Crippen LogP contribution in [0, 0.1) is 5.82 Å². The number of hydrogen-bond acceptors (Lipinski definition) is 6. The van der Waals surface area contributed by atoms with Gasteiger partial charge >= 0.3 is 0 Å². The molecule has 2 heterocycles. The first-order valence-electron chi connectivity index (χ1n) is 8.30. The fourth-order valence-electron chi connectivity index (χ4n) is 2.53. The van der Waals surface area contributed by atoms with E-state index in [4.69, 9.17) is 0 Å². The maximum atomic E-state index is 13.7. The number of imidazole rings is 1. The zero-order chi connectivity index (χ0) is 18.5. The number of nitrogens with one attached hydrogen (secondary N) is 1. The van der Waals surface area contributed by atoms with Crippen LogP contribution in [-0.4, -0.2) is 19.7 Å². The number of thioether (sulfide) groups is 1. The molecule has 136 valence electrons. The van der Waals surface area contributed by atoms with Crippen LogP contribution < -0.4 is 5.32 Å². The summed E-state index contributed by atoms with van der Waals surface area (Å²) in [5, 5.41) is 11.8. The number of anilines is 2. The minimum atomic E-state index is -0.315. The van der Waals surface area contributed by atoms with Crippen LogP contribution in [0.1, 0.15) is 11.4 Å². The van der Waals surface area contributed by atoms with Crippen molar-refractivity contribution in [3.63, 3.8) is 0 Å². The summed E-state index contributed by atoms with van der Waals surface area (Å²) in [5.41, 5.74) is 1.62. The van der Waals surface area contributed by atoms with Gasteiger partial charge in [-0.25, -0.2) is 9.37 Å². The van der Waals surface area contributed by atoms with E-state index in [0.29, 0.717) is 16.6 Å². The van der Waals surface area contributed by atoms with Gasteiger partial charge in [0, 0.05) is 18.9 Å². The predicted molar refractivity (Wildman–Crippen MR) is 107 cm³/mol.